The van der Waals surface area contributed by atoms with Gasteiger partial charge in [-0.05, 0) is 74.9 Å². The number of fused-ring (bicyclic) bond motifs is 1. The van der Waals surface area contributed by atoms with Gasteiger partial charge in [0.25, 0.3) is 0 Å². The third-order valence-corrected chi connectivity index (χ3v) is 10.9. The molecule has 1 aliphatic heterocycles. The number of unbranched alkanes of at least 4 members (excludes halogenated alkanes) is 12. The van der Waals surface area contributed by atoms with Crippen molar-refractivity contribution in [1.29, 1.82) is 5.26 Å². The molecule has 310 valence electrons. The molecule has 0 spiro atoms. The van der Waals surface area contributed by atoms with Gasteiger partial charge in [-0.2, -0.15) is 10.4 Å². The van der Waals surface area contributed by atoms with E-state index in [1.165, 1.54) is 82.7 Å². The zero-order chi connectivity index (χ0) is 40.2. The van der Waals surface area contributed by atoms with E-state index in [1.807, 2.05) is 6.07 Å². The van der Waals surface area contributed by atoms with Gasteiger partial charge in [0, 0.05) is 13.0 Å². The highest BCUT2D eigenvalue weighted by molar-refractivity contribution is 7.47. The van der Waals surface area contributed by atoms with Gasteiger partial charge in [0.15, 0.2) is 5.82 Å². The number of hydrogen-bond acceptors (Lipinski definition) is 11. The summed E-state index contributed by atoms with van der Waals surface area (Å²) in [5.41, 5.74) is 6.40. The molecular weight excluding hydrogens is 740 g/mol. The number of aliphatic hydroxyl groups excluding tert-OH is 1. The lowest BCUT2D eigenvalue weighted by atomic mass is 9.99. The molecule has 1 aromatic carbocycles. The highest BCUT2D eigenvalue weighted by atomic mass is 31.2. The molecule has 2 aromatic heterocycles. The van der Waals surface area contributed by atoms with Crippen LogP contribution in [0.5, 0.6) is 0 Å². The van der Waals surface area contributed by atoms with Gasteiger partial charge in [0.2, 0.25) is 0 Å². The Balaban J connectivity index is 1.18. The Labute approximate surface area is 331 Å². The molecule has 0 saturated carbocycles. The lowest BCUT2D eigenvalue weighted by Gasteiger charge is -2.28. The third kappa shape index (κ3) is 15.3. The van der Waals surface area contributed by atoms with Crippen LogP contribution < -0.4 is 5.73 Å². The smallest absolute Gasteiger partial charge is 0.390 e. The average molecular weight is 802 g/mol. The normalized spacial score (nSPS) is 20.1. The first kappa shape index (κ1) is 45.5. The molecule has 1 unspecified atom stereocenters. The molecule has 1 fully saturated rings. The van der Waals surface area contributed by atoms with Crippen LogP contribution >= 0.6 is 7.82 Å². The van der Waals surface area contributed by atoms with Crippen LogP contribution in [0.1, 0.15) is 133 Å². The average Bonchev–Trinajstić information content (AvgIpc) is 3.75. The molecular formula is C41H61FN5O8P. The maximum Gasteiger partial charge on any atom is 0.472 e. The fourth-order valence-electron chi connectivity index (χ4n) is 6.68. The number of ether oxygens (including phenoxy) is 3. The first-order valence-corrected chi connectivity index (χ1v) is 21.6. The molecule has 3 heterocycles. The second-order valence-corrected chi connectivity index (χ2v) is 16.3. The standard InChI is InChI=1S/C41H61FN5O8P/c1-3-4-5-6-7-8-9-10-11-12-13-14-15-16-17-18-21-51-28-35(52-27-33-22-32(26-43)23-34(42)24-33)29-53-56(49,50)54-30-41(2)39(48)25-38(55-41)36-19-20-37-40(44)45-31-46-47(36)37/h10-11,19-20,22-24,31,35,38-39,48H,3-9,12-18,21,25,27-30H2,1-2H3,(H,49,50)(H2,44,45,46)/b11-10+/t35-,38-,39+,41-/m1/s1. The molecule has 56 heavy (non-hydrogen) atoms. The van der Waals surface area contributed by atoms with Crippen LogP contribution in [0.15, 0.2) is 48.8 Å². The number of hydrogen-bond donors (Lipinski definition) is 3. The van der Waals surface area contributed by atoms with Crippen LogP contribution in [-0.4, -0.2) is 68.8 Å². The number of nitriles is 1. The Morgan fingerprint density at radius 2 is 1.75 bits per heavy atom. The van der Waals surface area contributed by atoms with Gasteiger partial charge in [-0.1, -0.05) is 76.9 Å². The van der Waals surface area contributed by atoms with E-state index in [9.17, 15) is 24.2 Å². The zero-order valence-electron chi connectivity index (χ0n) is 33.0. The van der Waals surface area contributed by atoms with Gasteiger partial charge in [-0.25, -0.2) is 18.5 Å². The van der Waals surface area contributed by atoms with Gasteiger partial charge in [-0.3, -0.25) is 9.05 Å². The Morgan fingerprint density at radius 1 is 1.05 bits per heavy atom. The molecule has 1 saturated heterocycles. The number of halogens is 1. The topological polar surface area (TPSA) is 184 Å². The summed E-state index contributed by atoms with van der Waals surface area (Å²) in [4.78, 5) is 14.6. The summed E-state index contributed by atoms with van der Waals surface area (Å²) in [6.07, 6.45) is 20.6. The van der Waals surface area contributed by atoms with Crippen molar-refractivity contribution in [3.8, 4) is 6.07 Å². The van der Waals surface area contributed by atoms with E-state index < -0.39 is 44.2 Å². The Morgan fingerprint density at radius 3 is 2.46 bits per heavy atom. The van der Waals surface area contributed by atoms with Crippen LogP contribution in [0.3, 0.4) is 0 Å². The maximum atomic E-state index is 14.1. The SMILES string of the molecule is CCCCCCCC/C=C/CCCCCCCCOC[C@H](COP(=O)(O)OC[C@@]1(C)O[C@@H](c2ccc3c(N)ncnn23)C[C@@H]1O)OCc1cc(F)cc(C#N)c1. The molecule has 5 atom stereocenters. The first-order valence-electron chi connectivity index (χ1n) is 20.1. The van der Waals surface area contributed by atoms with E-state index in [1.54, 1.807) is 23.6 Å². The molecule has 1 aliphatic rings. The van der Waals surface area contributed by atoms with Crippen LogP contribution in [0.25, 0.3) is 5.52 Å². The van der Waals surface area contributed by atoms with E-state index in [0.717, 1.165) is 31.7 Å². The zero-order valence-corrected chi connectivity index (χ0v) is 33.9. The number of phosphoric ester groups is 1. The summed E-state index contributed by atoms with van der Waals surface area (Å²) in [6.45, 7) is 3.44. The molecule has 0 amide bonds. The van der Waals surface area contributed by atoms with Gasteiger partial charge in [0.1, 0.15) is 35.5 Å². The van der Waals surface area contributed by atoms with Crippen molar-refractivity contribution in [3.05, 3.63) is 71.4 Å². The second-order valence-electron chi connectivity index (χ2n) is 14.8. The summed E-state index contributed by atoms with van der Waals surface area (Å²) >= 11 is 0. The van der Waals surface area contributed by atoms with E-state index in [2.05, 4.69) is 29.2 Å². The second kappa shape index (κ2) is 23.9. The Kier molecular flexibility index (Phi) is 19.4. The van der Waals surface area contributed by atoms with Crippen LogP contribution in [-0.2, 0) is 34.4 Å². The minimum atomic E-state index is -4.66. The van der Waals surface area contributed by atoms with Crippen LogP contribution in [0.4, 0.5) is 10.2 Å². The number of aromatic nitrogens is 3. The predicted molar refractivity (Wildman–Crippen MR) is 212 cm³/mol. The van der Waals surface area contributed by atoms with Crippen LogP contribution in [0, 0.1) is 17.1 Å². The Bertz CT molecular complexity index is 1740. The molecule has 15 heteroatoms. The van der Waals surface area contributed by atoms with E-state index >= 15 is 0 Å². The highest BCUT2D eigenvalue weighted by Crippen LogP contribution is 2.47. The summed E-state index contributed by atoms with van der Waals surface area (Å²) in [7, 11) is -4.66. The summed E-state index contributed by atoms with van der Waals surface area (Å²) in [5.74, 6) is -0.280. The number of rotatable bonds is 28. The number of benzene rings is 1. The monoisotopic (exact) mass is 801 g/mol. The number of nitrogens with two attached hydrogens (primary N) is 1. The summed E-state index contributed by atoms with van der Waals surface area (Å²) < 4.78 is 57.3. The number of phosphoric acid groups is 1. The van der Waals surface area contributed by atoms with Crippen molar-refractivity contribution in [3.63, 3.8) is 0 Å². The Hall–Kier alpha value is -3.25. The molecule has 0 radical (unpaired) electrons. The quantitative estimate of drug-likeness (QED) is 0.0361. The molecule has 0 aliphatic carbocycles. The fourth-order valence-corrected chi connectivity index (χ4v) is 7.53. The van der Waals surface area contributed by atoms with E-state index in [-0.39, 0.29) is 31.8 Å². The number of nitrogens with zero attached hydrogens (tertiary/aromatic N) is 4. The number of allylic oxidation sites excluding steroid dienone is 2. The highest BCUT2D eigenvalue weighted by Gasteiger charge is 2.47. The predicted octanol–water partition coefficient (Wildman–Crippen LogP) is 8.68. The molecule has 0 bridgehead atoms. The molecule has 3 aromatic rings. The lowest BCUT2D eigenvalue weighted by Crippen LogP contribution is -2.40. The third-order valence-electron chi connectivity index (χ3n) is 10.0. The molecule has 13 nitrogen and oxygen atoms in total. The fraction of sp³-hybridized carbons (Fsp3) is 0.634. The summed E-state index contributed by atoms with van der Waals surface area (Å²) in [6, 6.07) is 9.33. The summed E-state index contributed by atoms with van der Waals surface area (Å²) in [5, 5.41) is 24.4. The van der Waals surface area contributed by atoms with Crippen LogP contribution in [0.2, 0.25) is 0 Å². The number of nitrogen functional groups attached to an aromatic ring is 1. The van der Waals surface area contributed by atoms with E-state index in [0.29, 0.717) is 29.2 Å². The molecule has 4 rings (SSSR count). The maximum absolute atomic E-state index is 14.1. The van der Waals surface area contributed by atoms with Gasteiger partial charge in [-0.15, -0.1) is 0 Å². The minimum absolute atomic E-state index is 0.0477. The largest absolute Gasteiger partial charge is 0.472 e. The van der Waals surface area contributed by atoms with Crippen molar-refractivity contribution in [2.75, 3.05) is 32.2 Å². The minimum Gasteiger partial charge on any atom is -0.390 e. The number of aliphatic hydroxyl groups is 1. The van der Waals surface area contributed by atoms with Crippen molar-refractivity contribution in [2.24, 2.45) is 0 Å². The van der Waals surface area contributed by atoms with Crippen molar-refractivity contribution in [2.45, 2.75) is 141 Å². The molecule has 4 N–H and O–H groups in total. The van der Waals surface area contributed by atoms with Crippen molar-refractivity contribution in [1.82, 2.24) is 14.6 Å². The van der Waals surface area contributed by atoms with Crippen molar-refractivity contribution < 1.29 is 42.2 Å². The first-order chi connectivity index (χ1) is 27.0. The van der Waals surface area contributed by atoms with Gasteiger partial charge in [0.05, 0.1) is 49.9 Å². The van der Waals surface area contributed by atoms with Crippen molar-refractivity contribution >= 4 is 19.2 Å². The van der Waals surface area contributed by atoms with Gasteiger partial charge < -0.3 is 29.9 Å². The lowest BCUT2D eigenvalue weighted by molar-refractivity contribution is -0.101. The van der Waals surface area contributed by atoms with Gasteiger partial charge >= 0.3 is 7.82 Å². The van der Waals surface area contributed by atoms with E-state index in [4.69, 9.17) is 29.0 Å². The number of anilines is 1.